The lowest BCUT2D eigenvalue weighted by atomic mass is 10.0. The molecule has 0 amide bonds. The molecule has 0 N–H and O–H groups in total. The predicted octanol–water partition coefficient (Wildman–Crippen LogP) is 5.90. The summed E-state index contributed by atoms with van der Waals surface area (Å²) in [6, 6.07) is 13.0. The maximum Gasteiger partial charge on any atom is 0.417 e. The molecule has 1 radical (unpaired) electrons. The molecule has 2 rings (SSSR count). The minimum absolute atomic E-state index is 0.0766. The van der Waals surface area contributed by atoms with Gasteiger partial charge in [0.05, 0.1) is 5.57 Å². The third-order valence-corrected chi connectivity index (χ3v) is 2.95. The van der Waals surface area contributed by atoms with Crippen LogP contribution in [0.5, 0.6) is 0 Å². The van der Waals surface area contributed by atoms with Crippen LogP contribution in [0, 0.1) is 6.07 Å². The summed E-state index contributed by atoms with van der Waals surface area (Å²) in [5.41, 5.74) is -0.562. The van der Waals surface area contributed by atoms with Gasteiger partial charge in [0.15, 0.2) is 0 Å². The number of benzene rings is 2. The minimum atomic E-state index is -4.52. The first kappa shape index (κ1) is 14.9. The zero-order valence-electron chi connectivity index (χ0n) is 10.0. The van der Waals surface area contributed by atoms with Crippen LogP contribution in [0.1, 0.15) is 11.1 Å². The molecular weight excluding hydrogens is 308 g/mol. The average molecular weight is 316 g/mol. The minimum Gasteiger partial charge on any atom is -0.166 e. The lowest BCUT2D eigenvalue weighted by Gasteiger charge is -2.13. The third kappa shape index (κ3) is 3.78. The Morgan fingerprint density at radius 2 is 1.70 bits per heavy atom. The molecule has 0 saturated heterocycles. The number of rotatable bonds is 2. The van der Waals surface area contributed by atoms with E-state index in [4.69, 9.17) is 23.2 Å². The van der Waals surface area contributed by atoms with Gasteiger partial charge in [0.1, 0.15) is 0 Å². The Morgan fingerprint density at radius 1 is 1.05 bits per heavy atom. The summed E-state index contributed by atoms with van der Waals surface area (Å²) in [6.07, 6.45) is -3.50. The van der Waals surface area contributed by atoms with Crippen molar-refractivity contribution in [1.29, 1.82) is 0 Å². The van der Waals surface area contributed by atoms with Crippen molar-refractivity contribution in [2.45, 2.75) is 6.18 Å². The van der Waals surface area contributed by atoms with Gasteiger partial charge in [-0.15, -0.1) is 0 Å². The summed E-state index contributed by atoms with van der Waals surface area (Å²) in [4.78, 5) is 0. The molecular formula is C15H8Cl2F3. The lowest BCUT2D eigenvalue weighted by molar-refractivity contribution is -0.0683. The quantitative estimate of drug-likeness (QED) is 0.605. The molecule has 0 bridgehead atoms. The summed E-state index contributed by atoms with van der Waals surface area (Å²) in [6.45, 7) is 0. The molecule has 5 heteroatoms. The summed E-state index contributed by atoms with van der Waals surface area (Å²) in [7, 11) is 0. The van der Waals surface area contributed by atoms with E-state index >= 15 is 0 Å². The van der Waals surface area contributed by atoms with E-state index in [9.17, 15) is 13.2 Å². The fraction of sp³-hybridized carbons (Fsp3) is 0.0667. The summed E-state index contributed by atoms with van der Waals surface area (Å²) >= 11 is 11.5. The molecule has 2 aromatic carbocycles. The Kier molecular flexibility index (Phi) is 4.41. The van der Waals surface area contributed by atoms with E-state index in [2.05, 4.69) is 6.07 Å². The largest absolute Gasteiger partial charge is 0.417 e. The topological polar surface area (TPSA) is 0 Å². The summed E-state index contributed by atoms with van der Waals surface area (Å²) in [5, 5.41) is 0.305. The van der Waals surface area contributed by atoms with Crippen molar-refractivity contribution in [1.82, 2.24) is 0 Å². The number of alkyl halides is 3. The molecule has 0 spiro atoms. The van der Waals surface area contributed by atoms with Crippen molar-refractivity contribution < 1.29 is 13.2 Å². The molecule has 0 fully saturated rings. The van der Waals surface area contributed by atoms with E-state index in [1.54, 1.807) is 18.2 Å². The molecule has 0 atom stereocenters. The predicted molar refractivity (Wildman–Crippen MR) is 75.7 cm³/mol. The fourth-order valence-electron chi connectivity index (χ4n) is 1.69. The maximum absolute atomic E-state index is 13.2. The first-order valence-corrected chi connectivity index (χ1v) is 6.34. The number of hydrogen-bond donors (Lipinski definition) is 0. The lowest BCUT2D eigenvalue weighted by Crippen LogP contribution is -2.10. The van der Waals surface area contributed by atoms with Gasteiger partial charge in [-0.25, -0.2) is 0 Å². The Morgan fingerprint density at radius 3 is 2.20 bits per heavy atom. The van der Waals surface area contributed by atoms with Crippen LogP contribution in [0.4, 0.5) is 13.2 Å². The van der Waals surface area contributed by atoms with E-state index in [0.717, 1.165) is 6.08 Å². The molecule has 0 aliphatic carbocycles. The van der Waals surface area contributed by atoms with Crippen LogP contribution >= 0.6 is 23.2 Å². The van der Waals surface area contributed by atoms with Crippen LogP contribution in [0.2, 0.25) is 10.0 Å². The van der Waals surface area contributed by atoms with Gasteiger partial charge in [0.25, 0.3) is 0 Å². The smallest absolute Gasteiger partial charge is 0.166 e. The van der Waals surface area contributed by atoms with Crippen LogP contribution in [0.3, 0.4) is 0 Å². The van der Waals surface area contributed by atoms with Crippen molar-refractivity contribution in [3.63, 3.8) is 0 Å². The van der Waals surface area contributed by atoms with Crippen LogP contribution in [-0.4, -0.2) is 6.18 Å². The number of allylic oxidation sites excluding steroid dienone is 1. The van der Waals surface area contributed by atoms with E-state index < -0.39 is 11.7 Å². The molecule has 0 heterocycles. The maximum atomic E-state index is 13.2. The monoisotopic (exact) mass is 315 g/mol. The second-order valence-corrected chi connectivity index (χ2v) is 4.90. The van der Waals surface area contributed by atoms with Crippen molar-refractivity contribution in [2.75, 3.05) is 0 Å². The van der Waals surface area contributed by atoms with E-state index in [1.165, 1.54) is 24.3 Å². The standard InChI is InChI=1S/C15H8Cl2F3/c16-12-7-11(8-13(17)9-12)14(15(18,19)20)6-10-4-2-1-3-5-10/h1-4,6-9H. The summed E-state index contributed by atoms with van der Waals surface area (Å²) < 4.78 is 39.6. The van der Waals surface area contributed by atoms with Gasteiger partial charge < -0.3 is 0 Å². The highest BCUT2D eigenvalue weighted by Crippen LogP contribution is 2.37. The molecule has 0 unspecified atom stereocenters. The van der Waals surface area contributed by atoms with Gasteiger partial charge >= 0.3 is 6.18 Å². The van der Waals surface area contributed by atoms with Crippen molar-refractivity contribution in [2.24, 2.45) is 0 Å². The zero-order valence-corrected chi connectivity index (χ0v) is 11.5. The normalized spacial score (nSPS) is 12.6. The van der Waals surface area contributed by atoms with Crippen molar-refractivity contribution >= 4 is 34.9 Å². The molecule has 2 aromatic rings. The first-order valence-electron chi connectivity index (χ1n) is 5.58. The molecule has 0 aliphatic rings. The second kappa shape index (κ2) is 5.90. The highest BCUT2D eigenvalue weighted by Gasteiger charge is 2.34. The van der Waals surface area contributed by atoms with Crippen LogP contribution in [0.25, 0.3) is 11.6 Å². The highest BCUT2D eigenvalue weighted by atomic mass is 35.5. The number of halogens is 5. The van der Waals surface area contributed by atoms with Gasteiger partial charge in [-0.3, -0.25) is 0 Å². The van der Waals surface area contributed by atoms with Crippen LogP contribution in [-0.2, 0) is 0 Å². The first-order chi connectivity index (χ1) is 9.36. The molecule has 103 valence electrons. The molecule has 0 saturated carbocycles. The van der Waals surface area contributed by atoms with Crippen molar-refractivity contribution in [3.8, 4) is 0 Å². The highest BCUT2D eigenvalue weighted by molar-refractivity contribution is 6.34. The molecule has 0 aliphatic heterocycles. The van der Waals surface area contributed by atoms with Gasteiger partial charge in [-0.05, 0) is 41.5 Å². The SMILES string of the molecule is FC(F)(F)C(=Cc1[c]cccc1)c1cc(Cl)cc(Cl)c1. The Bertz CT molecular complexity index is 611. The Balaban J connectivity index is 2.57. The van der Waals surface area contributed by atoms with Gasteiger partial charge in [0.2, 0.25) is 0 Å². The van der Waals surface area contributed by atoms with E-state index in [1.807, 2.05) is 0 Å². The van der Waals surface area contributed by atoms with Crippen LogP contribution < -0.4 is 0 Å². The van der Waals surface area contributed by atoms with E-state index in [-0.39, 0.29) is 15.6 Å². The third-order valence-electron chi connectivity index (χ3n) is 2.51. The Hall–Kier alpha value is -1.45. The summed E-state index contributed by atoms with van der Waals surface area (Å²) in [5.74, 6) is 0. The van der Waals surface area contributed by atoms with Gasteiger partial charge in [-0.2, -0.15) is 13.2 Å². The number of hydrogen-bond acceptors (Lipinski definition) is 0. The Labute approximate surface area is 124 Å². The molecule has 0 aromatic heterocycles. The fourth-order valence-corrected chi connectivity index (χ4v) is 2.22. The average Bonchev–Trinajstić information content (AvgIpc) is 2.34. The van der Waals surface area contributed by atoms with Gasteiger partial charge in [0, 0.05) is 10.0 Å². The van der Waals surface area contributed by atoms with E-state index in [0.29, 0.717) is 5.56 Å². The van der Waals surface area contributed by atoms with Crippen LogP contribution in [0.15, 0.2) is 42.5 Å². The molecule has 20 heavy (non-hydrogen) atoms. The molecule has 0 nitrogen and oxygen atoms in total. The van der Waals surface area contributed by atoms with Crippen molar-refractivity contribution in [3.05, 3.63) is 69.7 Å². The zero-order chi connectivity index (χ0) is 14.8. The second-order valence-electron chi connectivity index (χ2n) is 4.03. The van der Waals surface area contributed by atoms with Gasteiger partial charge in [-0.1, -0.05) is 47.5 Å².